The Bertz CT molecular complexity index is 371. The highest BCUT2D eigenvalue weighted by Crippen LogP contribution is 2.13. The van der Waals surface area contributed by atoms with E-state index in [9.17, 15) is 9.59 Å². The van der Waals surface area contributed by atoms with E-state index in [-0.39, 0.29) is 5.56 Å². The van der Waals surface area contributed by atoms with E-state index < -0.39 is 5.97 Å². The summed E-state index contributed by atoms with van der Waals surface area (Å²) in [5.74, 6) is -0.0629. The summed E-state index contributed by atoms with van der Waals surface area (Å²) in [6.45, 7) is 1.30. The zero-order valence-corrected chi connectivity index (χ0v) is 8.79. The van der Waals surface area contributed by atoms with Gasteiger partial charge in [-0.3, -0.25) is 9.59 Å². The van der Waals surface area contributed by atoms with Crippen LogP contribution in [0, 0.1) is 0 Å². The number of carbonyl (C=O) groups excluding carboxylic acids is 1. The second-order valence-electron chi connectivity index (χ2n) is 2.53. The first-order chi connectivity index (χ1) is 6.00. The third-order valence-corrected chi connectivity index (χ3v) is 1.94. The van der Waals surface area contributed by atoms with Crippen LogP contribution in [-0.4, -0.2) is 10.5 Å². The number of ether oxygens (including phenoxy) is 1. The highest BCUT2D eigenvalue weighted by molar-refractivity contribution is 9.10. The molecule has 0 aliphatic heterocycles. The Morgan fingerprint density at radius 1 is 1.62 bits per heavy atom. The molecule has 0 aliphatic rings. The molecule has 0 unspecified atom stereocenters. The van der Waals surface area contributed by atoms with Crippen molar-refractivity contribution < 1.29 is 9.53 Å². The van der Waals surface area contributed by atoms with Gasteiger partial charge in [-0.05, 0) is 15.9 Å². The van der Waals surface area contributed by atoms with Gasteiger partial charge < -0.3 is 9.30 Å². The Morgan fingerprint density at radius 3 is 2.69 bits per heavy atom. The summed E-state index contributed by atoms with van der Waals surface area (Å²) in [6, 6.07) is 1.46. The minimum atomic E-state index is -0.412. The molecule has 0 bridgehead atoms. The van der Waals surface area contributed by atoms with Gasteiger partial charge in [-0.1, -0.05) is 0 Å². The van der Waals surface area contributed by atoms with Crippen LogP contribution in [0.15, 0.2) is 21.5 Å². The summed E-state index contributed by atoms with van der Waals surface area (Å²) in [7, 11) is 1.58. The Kier molecular flexibility index (Phi) is 2.87. The summed E-state index contributed by atoms with van der Waals surface area (Å²) in [5, 5.41) is 0. The summed E-state index contributed by atoms with van der Waals surface area (Å²) in [4.78, 5) is 21.8. The second-order valence-corrected chi connectivity index (χ2v) is 3.39. The van der Waals surface area contributed by atoms with E-state index in [1.165, 1.54) is 23.8 Å². The first kappa shape index (κ1) is 9.98. The number of aromatic nitrogens is 1. The average Bonchev–Trinajstić information content (AvgIpc) is 1.98. The molecule has 0 spiro atoms. The number of esters is 1. The van der Waals surface area contributed by atoms with E-state index in [1.807, 2.05) is 0 Å². The molecule has 0 N–H and O–H groups in total. The standard InChI is InChI=1S/C8H8BrNO3/c1-5(11)13-6-3-7(9)8(12)10(2)4-6/h3-4H,1-2H3. The van der Waals surface area contributed by atoms with Gasteiger partial charge in [-0.25, -0.2) is 0 Å². The fourth-order valence-corrected chi connectivity index (χ4v) is 1.37. The van der Waals surface area contributed by atoms with E-state index in [1.54, 1.807) is 7.05 Å². The lowest BCUT2D eigenvalue weighted by Crippen LogP contribution is -2.17. The molecule has 0 amide bonds. The molecule has 0 aliphatic carbocycles. The highest BCUT2D eigenvalue weighted by atomic mass is 79.9. The molecule has 13 heavy (non-hydrogen) atoms. The molecule has 70 valence electrons. The number of aryl methyl sites for hydroxylation is 1. The van der Waals surface area contributed by atoms with Crippen molar-refractivity contribution in [2.24, 2.45) is 7.05 Å². The number of pyridine rings is 1. The minimum Gasteiger partial charge on any atom is -0.425 e. The van der Waals surface area contributed by atoms with Crippen LogP contribution >= 0.6 is 15.9 Å². The number of hydrogen-bond acceptors (Lipinski definition) is 3. The summed E-state index contributed by atoms with van der Waals surface area (Å²) in [5.41, 5.74) is -0.170. The number of halogens is 1. The van der Waals surface area contributed by atoms with E-state index in [4.69, 9.17) is 4.74 Å². The number of hydrogen-bond donors (Lipinski definition) is 0. The highest BCUT2D eigenvalue weighted by Gasteiger charge is 2.03. The molecular weight excluding hydrogens is 238 g/mol. The molecular formula is C8H8BrNO3. The number of carbonyl (C=O) groups is 1. The Balaban J connectivity index is 3.13. The van der Waals surface area contributed by atoms with E-state index >= 15 is 0 Å². The Labute approximate surface area is 83.3 Å². The van der Waals surface area contributed by atoms with Crippen molar-refractivity contribution in [1.82, 2.24) is 4.57 Å². The third-order valence-electron chi connectivity index (χ3n) is 1.38. The van der Waals surface area contributed by atoms with Crippen molar-refractivity contribution in [3.05, 3.63) is 27.1 Å². The average molecular weight is 246 g/mol. The fourth-order valence-electron chi connectivity index (χ4n) is 0.864. The molecule has 0 saturated carbocycles. The summed E-state index contributed by atoms with van der Waals surface area (Å²) >= 11 is 3.06. The second kappa shape index (κ2) is 3.74. The van der Waals surface area contributed by atoms with Crippen LogP contribution in [0.1, 0.15) is 6.92 Å². The summed E-state index contributed by atoms with van der Waals surface area (Å²) < 4.78 is 6.51. The largest absolute Gasteiger partial charge is 0.425 e. The van der Waals surface area contributed by atoms with Gasteiger partial charge in [0.1, 0.15) is 5.75 Å². The van der Waals surface area contributed by atoms with Gasteiger partial charge in [0, 0.05) is 26.2 Å². The van der Waals surface area contributed by atoms with Gasteiger partial charge in [0.15, 0.2) is 0 Å². The van der Waals surface area contributed by atoms with E-state index in [2.05, 4.69) is 15.9 Å². The topological polar surface area (TPSA) is 48.3 Å². The monoisotopic (exact) mass is 245 g/mol. The van der Waals surface area contributed by atoms with Crippen molar-refractivity contribution in [3.8, 4) is 5.75 Å². The van der Waals surface area contributed by atoms with Crippen LogP contribution < -0.4 is 10.3 Å². The van der Waals surface area contributed by atoms with Crippen molar-refractivity contribution in [2.75, 3.05) is 0 Å². The van der Waals surface area contributed by atoms with Gasteiger partial charge in [-0.15, -0.1) is 0 Å². The van der Waals surface area contributed by atoms with Crippen molar-refractivity contribution in [2.45, 2.75) is 6.92 Å². The van der Waals surface area contributed by atoms with Gasteiger partial charge >= 0.3 is 5.97 Å². The quantitative estimate of drug-likeness (QED) is 0.696. The lowest BCUT2D eigenvalue weighted by molar-refractivity contribution is -0.131. The number of rotatable bonds is 1. The van der Waals surface area contributed by atoms with E-state index in [0.29, 0.717) is 10.2 Å². The van der Waals surface area contributed by atoms with Gasteiger partial charge in [0.2, 0.25) is 0 Å². The molecule has 1 aromatic rings. The van der Waals surface area contributed by atoms with Crippen LogP contribution in [0.2, 0.25) is 0 Å². The van der Waals surface area contributed by atoms with E-state index in [0.717, 1.165) is 0 Å². The van der Waals surface area contributed by atoms with Crippen molar-refractivity contribution in [3.63, 3.8) is 0 Å². The van der Waals surface area contributed by atoms with Crippen LogP contribution in [0.3, 0.4) is 0 Å². The van der Waals surface area contributed by atoms with Gasteiger partial charge in [-0.2, -0.15) is 0 Å². The van der Waals surface area contributed by atoms with Crippen molar-refractivity contribution >= 4 is 21.9 Å². The maximum Gasteiger partial charge on any atom is 0.308 e. The van der Waals surface area contributed by atoms with Crippen LogP contribution in [0.4, 0.5) is 0 Å². The lowest BCUT2D eigenvalue weighted by atomic mass is 10.4. The van der Waals surface area contributed by atoms with Crippen LogP contribution in [0.25, 0.3) is 0 Å². The number of nitrogens with zero attached hydrogens (tertiary/aromatic N) is 1. The summed E-state index contributed by atoms with van der Waals surface area (Å²) in [6.07, 6.45) is 1.45. The molecule has 0 radical (unpaired) electrons. The molecule has 0 aromatic carbocycles. The molecule has 1 heterocycles. The smallest absolute Gasteiger partial charge is 0.308 e. The molecule has 4 nitrogen and oxygen atoms in total. The predicted octanol–water partition coefficient (Wildman–Crippen LogP) is 1.07. The van der Waals surface area contributed by atoms with Crippen molar-refractivity contribution in [1.29, 1.82) is 0 Å². The molecule has 0 atom stereocenters. The third kappa shape index (κ3) is 2.42. The molecule has 1 rings (SSSR count). The van der Waals surface area contributed by atoms with Gasteiger partial charge in [0.25, 0.3) is 5.56 Å². The Hall–Kier alpha value is -1.10. The zero-order valence-electron chi connectivity index (χ0n) is 7.20. The zero-order chi connectivity index (χ0) is 10.0. The lowest BCUT2D eigenvalue weighted by Gasteiger charge is -2.03. The van der Waals surface area contributed by atoms with Gasteiger partial charge in [0.05, 0.1) is 4.47 Å². The predicted molar refractivity (Wildman–Crippen MR) is 50.7 cm³/mol. The molecule has 1 aromatic heterocycles. The molecule has 0 saturated heterocycles. The first-order valence-electron chi connectivity index (χ1n) is 3.55. The maximum absolute atomic E-state index is 11.2. The SMILES string of the molecule is CC(=O)Oc1cc(Br)c(=O)n(C)c1. The first-order valence-corrected chi connectivity index (χ1v) is 4.34. The minimum absolute atomic E-state index is 0.170. The van der Waals surface area contributed by atoms with Crippen LogP contribution in [0.5, 0.6) is 5.75 Å². The molecule has 0 fully saturated rings. The Morgan fingerprint density at radius 2 is 2.23 bits per heavy atom. The molecule has 5 heteroatoms. The fraction of sp³-hybridized carbons (Fsp3) is 0.250. The van der Waals surface area contributed by atoms with Crippen LogP contribution in [-0.2, 0) is 11.8 Å². The maximum atomic E-state index is 11.2. The normalized spacial score (nSPS) is 9.77.